The summed E-state index contributed by atoms with van der Waals surface area (Å²) in [5.41, 5.74) is 3.29. The van der Waals surface area contributed by atoms with Crippen molar-refractivity contribution in [3.8, 4) is 0 Å². The molecular weight excluding hydrogens is 559 g/mol. The molecule has 0 unspecified atom stereocenters. The lowest BCUT2D eigenvalue weighted by molar-refractivity contribution is -0.137. The van der Waals surface area contributed by atoms with Gasteiger partial charge in [0, 0.05) is 35.7 Å². The smallest absolute Gasteiger partial charge is 0.324 e. The predicted molar refractivity (Wildman–Crippen MR) is 160 cm³/mol. The highest BCUT2D eigenvalue weighted by Crippen LogP contribution is 2.34. The minimum Gasteiger partial charge on any atom is -0.324 e. The summed E-state index contributed by atoms with van der Waals surface area (Å²) in [4.78, 5) is 38.3. The van der Waals surface area contributed by atoms with Crippen molar-refractivity contribution in [2.45, 2.75) is 26.1 Å². The van der Waals surface area contributed by atoms with Crippen molar-refractivity contribution in [2.24, 2.45) is 0 Å². The molecule has 1 aliphatic rings. The van der Waals surface area contributed by atoms with Gasteiger partial charge in [-0.1, -0.05) is 24.3 Å². The third kappa shape index (κ3) is 6.59. The van der Waals surface area contributed by atoms with E-state index in [0.29, 0.717) is 28.7 Å². The van der Waals surface area contributed by atoms with E-state index in [4.69, 9.17) is 0 Å². The van der Waals surface area contributed by atoms with Crippen LogP contribution in [-0.2, 0) is 19.1 Å². The van der Waals surface area contributed by atoms with Crippen LogP contribution in [-0.4, -0.2) is 42.5 Å². The first-order valence-corrected chi connectivity index (χ1v) is 13.5. The Morgan fingerprint density at radius 2 is 1.81 bits per heavy atom. The average Bonchev–Trinajstić information content (AvgIpc) is 2.99. The summed E-state index contributed by atoms with van der Waals surface area (Å²) in [5, 5.41) is 8.98. The molecule has 0 bridgehead atoms. The molecule has 3 amide bonds. The van der Waals surface area contributed by atoms with Crippen LogP contribution in [0.5, 0.6) is 0 Å². The van der Waals surface area contributed by atoms with Gasteiger partial charge >= 0.3 is 12.2 Å². The number of aryl methyl sites for hydroxylation is 1. The fraction of sp³-hybridized carbons (Fsp3) is 0.226. The van der Waals surface area contributed by atoms with E-state index in [1.807, 2.05) is 38.2 Å². The van der Waals surface area contributed by atoms with Crippen molar-refractivity contribution in [1.29, 1.82) is 0 Å². The molecule has 12 heteroatoms. The third-order valence-electron chi connectivity index (χ3n) is 7.06. The molecule has 0 aliphatic carbocycles. The first kappa shape index (κ1) is 29.5. The van der Waals surface area contributed by atoms with Gasteiger partial charge in [-0.3, -0.25) is 14.6 Å². The normalized spacial score (nSPS) is 13.1. The fourth-order valence-electron chi connectivity index (χ4n) is 4.78. The number of amides is 3. The van der Waals surface area contributed by atoms with Crippen LogP contribution < -0.4 is 25.8 Å². The van der Waals surface area contributed by atoms with Crippen LogP contribution in [0.1, 0.15) is 32.6 Å². The quantitative estimate of drug-likeness (QED) is 0.228. The second-order valence-corrected chi connectivity index (χ2v) is 10.2. The molecular formula is C31H30F3N7O2. The number of halogens is 3. The Hall–Kier alpha value is -4.97. The number of carbonyl (C=O) groups is 2. The molecule has 0 fully saturated rings. The molecule has 4 aromatic rings. The van der Waals surface area contributed by atoms with E-state index in [1.54, 1.807) is 36.3 Å². The minimum absolute atomic E-state index is 0.133. The maximum Gasteiger partial charge on any atom is 0.416 e. The zero-order valence-corrected chi connectivity index (χ0v) is 23.8. The van der Waals surface area contributed by atoms with Gasteiger partial charge < -0.3 is 16.0 Å². The number of fused-ring (bicyclic) bond motifs is 1. The lowest BCUT2D eigenvalue weighted by Gasteiger charge is -2.35. The van der Waals surface area contributed by atoms with Crippen LogP contribution in [0, 0.1) is 6.92 Å². The summed E-state index contributed by atoms with van der Waals surface area (Å²) >= 11 is 0. The Morgan fingerprint density at radius 3 is 2.58 bits per heavy atom. The summed E-state index contributed by atoms with van der Waals surface area (Å²) in [6.07, 6.45) is -2.03. The van der Waals surface area contributed by atoms with Gasteiger partial charge in [0.25, 0.3) is 5.91 Å². The lowest BCUT2D eigenvalue weighted by Crippen LogP contribution is -2.46. The number of likely N-dealkylation sites (N-methyl/N-ethyl adjacent to an activating group) is 1. The van der Waals surface area contributed by atoms with E-state index in [1.165, 1.54) is 17.0 Å². The molecule has 1 aliphatic heterocycles. The molecule has 3 aromatic carbocycles. The number of carbonyl (C=O) groups excluding carboxylic acids is 2. The molecule has 9 nitrogen and oxygen atoms in total. The van der Waals surface area contributed by atoms with E-state index in [9.17, 15) is 22.8 Å². The molecule has 5 rings (SSSR count). The monoisotopic (exact) mass is 589 g/mol. The Kier molecular flexibility index (Phi) is 8.31. The molecule has 43 heavy (non-hydrogen) atoms. The van der Waals surface area contributed by atoms with Crippen LogP contribution >= 0.6 is 0 Å². The number of anilines is 5. The Labute approximate surface area is 246 Å². The summed E-state index contributed by atoms with van der Waals surface area (Å²) in [5.74, 6) is 0.124. The van der Waals surface area contributed by atoms with Crippen molar-refractivity contribution in [2.75, 3.05) is 41.1 Å². The number of rotatable bonds is 8. The maximum absolute atomic E-state index is 13.5. The highest BCUT2D eigenvalue weighted by atomic mass is 19.4. The number of hydrogen-bond donors (Lipinski definition) is 3. The third-order valence-corrected chi connectivity index (χ3v) is 7.06. The molecule has 222 valence electrons. The molecule has 0 radical (unpaired) electrons. The molecule has 3 N–H and O–H groups in total. The van der Waals surface area contributed by atoms with Gasteiger partial charge in [-0.05, 0) is 80.5 Å². The van der Waals surface area contributed by atoms with E-state index in [0.717, 1.165) is 41.9 Å². The van der Waals surface area contributed by atoms with Crippen molar-refractivity contribution < 1.29 is 22.8 Å². The van der Waals surface area contributed by atoms with Gasteiger partial charge in [0.1, 0.15) is 5.82 Å². The summed E-state index contributed by atoms with van der Waals surface area (Å²) < 4.78 is 39.4. The van der Waals surface area contributed by atoms with E-state index >= 15 is 0 Å². The van der Waals surface area contributed by atoms with Gasteiger partial charge in [-0.2, -0.15) is 18.2 Å². The number of nitrogens with one attached hydrogen (secondary N) is 3. The molecule has 0 saturated carbocycles. The van der Waals surface area contributed by atoms with Crippen molar-refractivity contribution in [3.63, 3.8) is 0 Å². The van der Waals surface area contributed by atoms with Crippen LogP contribution in [0.2, 0.25) is 0 Å². The van der Waals surface area contributed by atoms with Gasteiger partial charge in [0.05, 0.1) is 17.8 Å². The van der Waals surface area contributed by atoms with Crippen LogP contribution in [0.4, 0.5) is 46.8 Å². The molecule has 2 heterocycles. The number of urea groups is 1. The molecule has 1 aromatic heterocycles. The SMILES string of the molecule is CNCCc1cccc(Nc2ncc3c(n2)N(C)C(=O)N(c2cc(NC(=O)c4cccc(C(F)(F)F)c4)ccc2C)C3)c1. The van der Waals surface area contributed by atoms with Gasteiger partial charge in [-0.25, -0.2) is 9.78 Å². The van der Waals surface area contributed by atoms with Gasteiger partial charge in [-0.15, -0.1) is 0 Å². The van der Waals surface area contributed by atoms with Gasteiger partial charge in [0.2, 0.25) is 5.95 Å². The Balaban J connectivity index is 1.35. The largest absolute Gasteiger partial charge is 0.416 e. The molecule has 0 spiro atoms. The lowest BCUT2D eigenvalue weighted by atomic mass is 10.1. The highest BCUT2D eigenvalue weighted by Gasteiger charge is 2.32. The number of hydrogen-bond acceptors (Lipinski definition) is 6. The summed E-state index contributed by atoms with van der Waals surface area (Å²) in [7, 11) is 3.53. The number of benzene rings is 3. The second-order valence-electron chi connectivity index (χ2n) is 10.2. The van der Waals surface area contributed by atoms with Crippen molar-refractivity contribution in [3.05, 3.63) is 101 Å². The van der Waals surface area contributed by atoms with E-state index in [-0.39, 0.29) is 18.1 Å². The number of alkyl halides is 3. The van der Waals surface area contributed by atoms with E-state index < -0.39 is 17.6 Å². The highest BCUT2D eigenvalue weighted by molar-refractivity contribution is 6.07. The Bertz CT molecular complexity index is 1680. The summed E-state index contributed by atoms with van der Waals surface area (Å²) in [6, 6.07) is 16.8. The average molecular weight is 590 g/mol. The summed E-state index contributed by atoms with van der Waals surface area (Å²) in [6.45, 7) is 2.86. The van der Waals surface area contributed by atoms with Crippen LogP contribution in [0.3, 0.4) is 0 Å². The van der Waals surface area contributed by atoms with Crippen LogP contribution in [0.25, 0.3) is 0 Å². The number of nitrogens with zero attached hydrogens (tertiary/aromatic N) is 4. The fourth-order valence-corrected chi connectivity index (χ4v) is 4.78. The minimum atomic E-state index is -4.57. The first-order chi connectivity index (χ1) is 20.5. The Morgan fingerprint density at radius 1 is 1.02 bits per heavy atom. The van der Waals surface area contributed by atoms with Crippen LogP contribution in [0.15, 0.2) is 72.9 Å². The zero-order valence-electron chi connectivity index (χ0n) is 23.8. The first-order valence-electron chi connectivity index (χ1n) is 13.5. The van der Waals surface area contributed by atoms with E-state index in [2.05, 4.69) is 25.9 Å². The molecule has 0 atom stereocenters. The number of aromatic nitrogens is 2. The van der Waals surface area contributed by atoms with Gasteiger partial charge in [0.15, 0.2) is 0 Å². The van der Waals surface area contributed by atoms with Crippen molar-refractivity contribution in [1.82, 2.24) is 15.3 Å². The topological polar surface area (TPSA) is 102 Å². The predicted octanol–water partition coefficient (Wildman–Crippen LogP) is 6.14. The molecule has 0 saturated heterocycles. The van der Waals surface area contributed by atoms with Crippen molar-refractivity contribution >= 4 is 40.8 Å². The second kappa shape index (κ2) is 12.1. The standard InChI is InChI=1S/C31H30F3N7O2/c1-19-10-11-25(37-28(42)21-7-5-8-23(15-21)31(32,33)34)16-26(19)41-18-22-17-36-29(39-27(22)40(3)30(41)43)38-24-9-4-6-20(14-24)12-13-35-2/h4-11,14-17,35H,12-13,18H2,1-3H3,(H,37,42)(H,36,38,39). The zero-order chi connectivity index (χ0) is 30.7. The maximum atomic E-state index is 13.5.